The zero-order chi connectivity index (χ0) is 19.6. The van der Waals surface area contributed by atoms with Gasteiger partial charge in [0.25, 0.3) is 0 Å². The fraction of sp³-hybridized carbons (Fsp3) is 0.733. The quantitative estimate of drug-likeness (QED) is 0.293. The third-order valence-corrected chi connectivity index (χ3v) is 3.97. The average molecular weight is 376 g/mol. The Morgan fingerprint density at radius 1 is 1.08 bits per heavy atom. The summed E-state index contributed by atoms with van der Waals surface area (Å²) >= 11 is 1.48. The minimum absolute atomic E-state index is 0.0737. The molecule has 0 aromatic rings. The van der Waals surface area contributed by atoms with Crippen LogP contribution in [0.15, 0.2) is 0 Å². The van der Waals surface area contributed by atoms with Crippen LogP contribution in [0, 0.1) is 5.92 Å². The van der Waals surface area contributed by atoms with Gasteiger partial charge in [0.2, 0.25) is 17.7 Å². The van der Waals surface area contributed by atoms with Crippen molar-refractivity contribution in [1.82, 2.24) is 10.6 Å². The molecule has 0 aromatic heterocycles. The zero-order valence-electron chi connectivity index (χ0n) is 14.8. The first-order chi connectivity index (χ1) is 11.6. The van der Waals surface area contributed by atoms with E-state index in [-0.39, 0.29) is 18.8 Å². The van der Waals surface area contributed by atoms with E-state index in [0.717, 1.165) is 0 Å². The highest BCUT2D eigenvalue weighted by atomic mass is 32.2. The van der Waals surface area contributed by atoms with Crippen LogP contribution in [-0.4, -0.2) is 58.9 Å². The van der Waals surface area contributed by atoms with Crippen molar-refractivity contribution in [3.63, 3.8) is 0 Å². The monoisotopic (exact) mass is 376 g/mol. The Kier molecular flexibility index (Phi) is 10.8. The molecule has 0 fully saturated rings. The Hall–Kier alpha value is -1.81. The molecule has 0 radical (unpaired) electrons. The summed E-state index contributed by atoms with van der Waals surface area (Å²) in [4.78, 5) is 46.5. The number of thioether (sulfide) groups is 1. The van der Waals surface area contributed by atoms with Crippen LogP contribution in [0.25, 0.3) is 0 Å². The van der Waals surface area contributed by atoms with Gasteiger partial charge in [0.05, 0.1) is 12.5 Å². The van der Waals surface area contributed by atoms with E-state index in [9.17, 15) is 24.3 Å². The van der Waals surface area contributed by atoms with Crippen LogP contribution >= 0.6 is 11.8 Å². The summed E-state index contributed by atoms with van der Waals surface area (Å²) < 4.78 is 0. The van der Waals surface area contributed by atoms with Gasteiger partial charge in [0.1, 0.15) is 12.1 Å². The maximum Gasteiger partial charge on any atom is 0.326 e. The number of rotatable bonds is 12. The normalized spacial score (nSPS) is 14.4. The molecule has 144 valence electrons. The number of nitrogens with two attached hydrogens (primary N) is 2. The summed E-state index contributed by atoms with van der Waals surface area (Å²) in [6.07, 6.45) is 2.07. The highest BCUT2D eigenvalue weighted by Crippen LogP contribution is 2.07. The molecule has 0 aliphatic rings. The molecule has 0 rings (SSSR count). The molecule has 0 saturated heterocycles. The number of hydrogen-bond donors (Lipinski definition) is 5. The van der Waals surface area contributed by atoms with Crippen molar-refractivity contribution in [2.75, 3.05) is 12.0 Å². The molecule has 0 aliphatic carbocycles. The topological polar surface area (TPSA) is 165 Å². The fourth-order valence-corrected chi connectivity index (χ4v) is 2.53. The summed E-state index contributed by atoms with van der Waals surface area (Å²) in [5.41, 5.74) is 10.6. The number of hydrogen-bond acceptors (Lipinski definition) is 6. The molecule has 3 unspecified atom stereocenters. The molecule has 9 nitrogen and oxygen atoms in total. The van der Waals surface area contributed by atoms with Crippen LogP contribution in [0.5, 0.6) is 0 Å². The van der Waals surface area contributed by atoms with Crippen molar-refractivity contribution < 1.29 is 24.3 Å². The smallest absolute Gasteiger partial charge is 0.326 e. The first kappa shape index (κ1) is 23.2. The minimum atomic E-state index is -1.16. The molecule has 7 N–H and O–H groups in total. The van der Waals surface area contributed by atoms with Crippen LogP contribution < -0.4 is 22.1 Å². The van der Waals surface area contributed by atoms with Gasteiger partial charge in [0.15, 0.2) is 0 Å². The largest absolute Gasteiger partial charge is 0.480 e. The molecule has 0 saturated carbocycles. The first-order valence-corrected chi connectivity index (χ1v) is 9.34. The van der Waals surface area contributed by atoms with E-state index >= 15 is 0 Å². The number of carbonyl (C=O) groups is 4. The molecule has 0 spiro atoms. The van der Waals surface area contributed by atoms with Gasteiger partial charge < -0.3 is 27.2 Å². The lowest BCUT2D eigenvalue weighted by molar-refractivity contribution is -0.142. The van der Waals surface area contributed by atoms with Crippen LogP contribution in [-0.2, 0) is 19.2 Å². The lowest BCUT2D eigenvalue weighted by Crippen LogP contribution is -2.55. The maximum absolute atomic E-state index is 12.4. The lowest BCUT2D eigenvalue weighted by Gasteiger charge is -2.23. The van der Waals surface area contributed by atoms with Crippen molar-refractivity contribution in [1.29, 1.82) is 0 Å². The Balaban J connectivity index is 4.98. The van der Waals surface area contributed by atoms with E-state index in [1.165, 1.54) is 11.8 Å². The minimum Gasteiger partial charge on any atom is -0.480 e. The van der Waals surface area contributed by atoms with E-state index in [0.29, 0.717) is 12.2 Å². The van der Waals surface area contributed by atoms with Crippen molar-refractivity contribution >= 4 is 35.5 Å². The number of carbonyl (C=O) groups excluding carboxylic acids is 3. The second-order valence-electron chi connectivity index (χ2n) is 6.15. The van der Waals surface area contributed by atoms with Gasteiger partial charge in [-0.2, -0.15) is 11.8 Å². The Morgan fingerprint density at radius 3 is 2.08 bits per heavy atom. The Bertz CT molecular complexity index is 487. The second kappa shape index (κ2) is 11.7. The van der Waals surface area contributed by atoms with Crippen LogP contribution in [0.1, 0.15) is 33.1 Å². The van der Waals surface area contributed by atoms with E-state index < -0.39 is 41.8 Å². The van der Waals surface area contributed by atoms with E-state index in [1.54, 1.807) is 0 Å². The Morgan fingerprint density at radius 2 is 1.64 bits per heavy atom. The molecule has 0 heterocycles. The fourth-order valence-electron chi connectivity index (χ4n) is 2.06. The molecule has 3 atom stereocenters. The molecular weight excluding hydrogens is 348 g/mol. The maximum atomic E-state index is 12.4. The molecule has 10 heteroatoms. The van der Waals surface area contributed by atoms with Crippen molar-refractivity contribution in [3.8, 4) is 0 Å². The van der Waals surface area contributed by atoms with Crippen molar-refractivity contribution in [3.05, 3.63) is 0 Å². The first-order valence-electron chi connectivity index (χ1n) is 7.94. The molecule has 25 heavy (non-hydrogen) atoms. The van der Waals surface area contributed by atoms with Crippen molar-refractivity contribution in [2.45, 2.75) is 51.2 Å². The van der Waals surface area contributed by atoms with Gasteiger partial charge in [-0.1, -0.05) is 13.8 Å². The number of primary amides is 1. The molecule has 3 amide bonds. The summed E-state index contributed by atoms with van der Waals surface area (Å²) in [5, 5.41) is 14.1. The SMILES string of the molecule is CSCCC(NC(=O)C(N)CC(N)=O)C(=O)NC(CC(C)C)C(=O)O. The standard InChI is InChI=1S/C15H28N4O5S/c1-8(2)6-11(15(23)24)19-14(22)10(4-5-25-3)18-13(21)9(16)7-12(17)20/h8-11H,4-7,16H2,1-3H3,(H2,17,20)(H,18,21)(H,19,22)(H,23,24). The van der Waals surface area contributed by atoms with Gasteiger partial charge >= 0.3 is 5.97 Å². The van der Waals surface area contributed by atoms with Crippen LogP contribution in [0.2, 0.25) is 0 Å². The number of carboxylic acids is 1. The van der Waals surface area contributed by atoms with Gasteiger partial charge in [0, 0.05) is 0 Å². The molecule has 0 aromatic carbocycles. The Labute approximate surface area is 151 Å². The predicted molar refractivity (Wildman–Crippen MR) is 95.7 cm³/mol. The van der Waals surface area contributed by atoms with Crippen LogP contribution in [0.3, 0.4) is 0 Å². The number of carboxylic acid groups (broad SMARTS) is 1. The van der Waals surface area contributed by atoms with Crippen molar-refractivity contribution in [2.24, 2.45) is 17.4 Å². The summed E-state index contributed by atoms with van der Waals surface area (Å²) in [6, 6.07) is -3.14. The highest BCUT2D eigenvalue weighted by Gasteiger charge is 2.28. The molecule has 0 aliphatic heterocycles. The van der Waals surface area contributed by atoms with Crippen LogP contribution in [0.4, 0.5) is 0 Å². The summed E-state index contributed by atoms with van der Waals surface area (Å²) in [7, 11) is 0. The summed E-state index contributed by atoms with van der Waals surface area (Å²) in [6.45, 7) is 3.69. The molecule has 0 bridgehead atoms. The van der Waals surface area contributed by atoms with E-state index in [4.69, 9.17) is 11.5 Å². The van der Waals surface area contributed by atoms with E-state index in [1.807, 2.05) is 20.1 Å². The zero-order valence-corrected chi connectivity index (χ0v) is 15.6. The van der Waals surface area contributed by atoms with Gasteiger partial charge in [-0.25, -0.2) is 4.79 Å². The number of nitrogens with one attached hydrogen (secondary N) is 2. The van der Waals surface area contributed by atoms with Gasteiger partial charge in [-0.05, 0) is 30.8 Å². The second-order valence-corrected chi connectivity index (χ2v) is 7.13. The third-order valence-electron chi connectivity index (χ3n) is 3.32. The molecular formula is C15H28N4O5S. The number of aliphatic carboxylic acids is 1. The average Bonchev–Trinajstić information content (AvgIpc) is 2.48. The van der Waals surface area contributed by atoms with E-state index in [2.05, 4.69) is 10.6 Å². The van der Waals surface area contributed by atoms with Gasteiger partial charge in [-0.3, -0.25) is 14.4 Å². The predicted octanol–water partition coefficient (Wildman–Crippen LogP) is -0.957. The summed E-state index contributed by atoms with van der Waals surface area (Å²) in [5.74, 6) is -2.49. The highest BCUT2D eigenvalue weighted by molar-refractivity contribution is 7.98. The lowest BCUT2D eigenvalue weighted by atomic mass is 10.0. The van der Waals surface area contributed by atoms with Gasteiger partial charge in [-0.15, -0.1) is 0 Å². The third kappa shape index (κ3) is 9.92. The number of amides is 3.